The predicted molar refractivity (Wildman–Crippen MR) is 84.2 cm³/mol. The van der Waals surface area contributed by atoms with E-state index in [0.29, 0.717) is 13.0 Å². The summed E-state index contributed by atoms with van der Waals surface area (Å²) in [5.41, 5.74) is 4.57. The molecule has 8 heteroatoms. The van der Waals surface area contributed by atoms with E-state index >= 15 is 0 Å². The number of aromatic nitrogens is 2. The van der Waals surface area contributed by atoms with Crippen LogP contribution < -0.4 is 15.6 Å². The van der Waals surface area contributed by atoms with Gasteiger partial charge < -0.3 is 9.30 Å². The van der Waals surface area contributed by atoms with Gasteiger partial charge in [0.2, 0.25) is 5.91 Å². The summed E-state index contributed by atoms with van der Waals surface area (Å²) in [5.74, 6) is -1.46. The molecule has 0 fully saturated rings. The monoisotopic (exact) mass is 334 g/mol. The average molecular weight is 334 g/mol. The number of nitrogens with zero attached hydrogens (tertiary/aromatic N) is 2. The number of carbonyl (C=O) groups excluding carboxylic acids is 2. The van der Waals surface area contributed by atoms with E-state index in [9.17, 15) is 14.0 Å². The molecule has 0 spiro atoms. The number of imidazole rings is 1. The third kappa shape index (κ3) is 5.38. The van der Waals surface area contributed by atoms with Crippen molar-refractivity contribution in [3.63, 3.8) is 0 Å². The Morgan fingerprint density at radius 3 is 2.83 bits per heavy atom. The summed E-state index contributed by atoms with van der Waals surface area (Å²) in [6.45, 7) is 2.13. The molecule has 24 heavy (non-hydrogen) atoms. The van der Waals surface area contributed by atoms with E-state index in [2.05, 4.69) is 15.8 Å². The Kier molecular flexibility index (Phi) is 6.30. The molecule has 0 saturated heterocycles. The molecule has 0 bridgehead atoms. The molecule has 1 aromatic heterocycles. The van der Waals surface area contributed by atoms with E-state index in [1.54, 1.807) is 24.8 Å². The third-order valence-electron chi connectivity index (χ3n) is 3.21. The summed E-state index contributed by atoms with van der Waals surface area (Å²) in [6, 6.07) is 5.79. The number of ether oxygens (including phenoxy) is 1. The van der Waals surface area contributed by atoms with Gasteiger partial charge in [0.1, 0.15) is 0 Å². The first-order valence-electron chi connectivity index (χ1n) is 7.52. The molecule has 2 aromatic rings. The zero-order valence-corrected chi connectivity index (χ0v) is 13.2. The number of nitrogens with one attached hydrogen (secondary N) is 2. The molecule has 0 saturated carbocycles. The molecule has 1 atom stereocenters. The average Bonchev–Trinajstić information content (AvgIpc) is 3.08. The number of halogens is 1. The number of rotatable bonds is 7. The smallest absolute Gasteiger partial charge is 0.279 e. The van der Waals surface area contributed by atoms with Crippen molar-refractivity contribution in [3.8, 4) is 5.75 Å². The molecule has 128 valence electrons. The van der Waals surface area contributed by atoms with Crippen molar-refractivity contribution in [2.24, 2.45) is 0 Å². The van der Waals surface area contributed by atoms with E-state index in [4.69, 9.17) is 4.74 Å². The predicted octanol–water partition coefficient (Wildman–Crippen LogP) is 1.42. The van der Waals surface area contributed by atoms with Gasteiger partial charge in [-0.25, -0.2) is 9.37 Å². The highest BCUT2D eigenvalue weighted by molar-refractivity contribution is 5.84. The van der Waals surface area contributed by atoms with Crippen molar-refractivity contribution in [3.05, 3.63) is 48.8 Å². The van der Waals surface area contributed by atoms with Gasteiger partial charge in [-0.15, -0.1) is 0 Å². The summed E-state index contributed by atoms with van der Waals surface area (Å²) in [5, 5.41) is 0. The lowest BCUT2D eigenvalue weighted by Crippen LogP contribution is -2.47. The molecule has 0 aliphatic rings. The van der Waals surface area contributed by atoms with Crippen LogP contribution in [0.5, 0.6) is 5.75 Å². The number of hydrazine groups is 1. The fourth-order valence-corrected chi connectivity index (χ4v) is 1.92. The highest BCUT2D eigenvalue weighted by Crippen LogP contribution is 2.16. The quantitative estimate of drug-likeness (QED) is 0.750. The number of benzene rings is 1. The topological polar surface area (TPSA) is 85.3 Å². The Bertz CT molecular complexity index is 676. The van der Waals surface area contributed by atoms with Crippen LogP contribution in [0.15, 0.2) is 43.0 Å². The number of amides is 2. The van der Waals surface area contributed by atoms with Crippen molar-refractivity contribution in [2.45, 2.75) is 32.4 Å². The second-order valence-electron chi connectivity index (χ2n) is 5.13. The normalized spacial score (nSPS) is 11.6. The summed E-state index contributed by atoms with van der Waals surface area (Å²) >= 11 is 0. The Labute approximate surface area is 138 Å². The van der Waals surface area contributed by atoms with Gasteiger partial charge in [0, 0.05) is 25.4 Å². The lowest BCUT2D eigenvalue weighted by atomic mass is 10.3. The largest absolute Gasteiger partial charge is 0.478 e. The zero-order valence-electron chi connectivity index (χ0n) is 13.2. The van der Waals surface area contributed by atoms with Gasteiger partial charge in [-0.05, 0) is 25.5 Å². The van der Waals surface area contributed by atoms with E-state index < -0.39 is 17.8 Å². The van der Waals surface area contributed by atoms with Crippen molar-refractivity contribution >= 4 is 11.8 Å². The Morgan fingerprint density at radius 1 is 1.33 bits per heavy atom. The minimum absolute atomic E-state index is 0.0215. The van der Waals surface area contributed by atoms with Gasteiger partial charge in [0.15, 0.2) is 17.7 Å². The zero-order chi connectivity index (χ0) is 17.4. The number of carbonyl (C=O) groups is 2. The highest BCUT2D eigenvalue weighted by Gasteiger charge is 2.16. The van der Waals surface area contributed by atoms with Crippen molar-refractivity contribution in [1.29, 1.82) is 0 Å². The summed E-state index contributed by atoms with van der Waals surface area (Å²) in [4.78, 5) is 27.4. The number of hydrogen-bond acceptors (Lipinski definition) is 4. The van der Waals surface area contributed by atoms with Crippen LogP contribution in [0.1, 0.15) is 19.8 Å². The van der Waals surface area contributed by atoms with Crippen LogP contribution in [0.25, 0.3) is 0 Å². The molecular weight excluding hydrogens is 315 g/mol. The van der Waals surface area contributed by atoms with E-state index in [1.165, 1.54) is 25.1 Å². The minimum atomic E-state index is -0.951. The van der Waals surface area contributed by atoms with Crippen molar-refractivity contribution in [1.82, 2.24) is 20.4 Å². The van der Waals surface area contributed by atoms with Gasteiger partial charge in [0.25, 0.3) is 5.91 Å². The van der Waals surface area contributed by atoms with Gasteiger partial charge in [-0.3, -0.25) is 20.4 Å². The Morgan fingerprint density at radius 2 is 2.12 bits per heavy atom. The molecule has 0 radical (unpaired) electrons. The van der Waals surface area contributed by atoms with E-state index in [-0.39, 0.29) is 18.1 Å². The van der Waals surface area contributed by atoms with Crippen LogP contribution in [0.4, 0.5) is 4.39 Å². The first kappa shape index (κ1) is 17.5. The highest BCUT2D eigenvalue weighted by atomic mass is 19.1. The molecule has 2 amide bonds. The molecule has 2 N–H and O–H groups in total. The molecular formula is C16H19FN4O3. The van der Waals surface area contributed by atoms with Crippen molar-refractivity contribution < 1.29 is 18.7 Å². The first-order valence-corrected chi connectivity index (χ1v) is 7.52. The lowest BCUT2D eigenvalue weighted by Gasteiger charge is -2.15. The number of para-hydroxylation sites is 1. The molecule has 2 rings (SSSR count). The van der Waals surface area contributed by atoms with Crippen LogP contribution in [0, 0.1) is 5.82 Å². The van der Waals surface area contributed by atoms with Crippen molar-refractivity contribution in [2.75, 3.05) is 0 Å². The van der Waals surface area contributed by atoms with Gasteiger partial charge in [0.05, 0.1) is 6.33 Å². The fourth-order valence-electron chi connectivity index (χ4n) is 1.92. The maximum atomic E-state index is 13.5. The van der Waals surface area contributed by atoms with Gasteiger partial charge in [-0.2, -0.15) is 0 Å². The van der Waals surface area contributed by atoms with Crippen LogP contribution in [0.3, 0.4) is 0 Å². The third-order valence-corrected chi connectivity index (χ3v) is 3.21. The standard InChI is InChI=1S/C16H19FN4O3/c1-12(24-14-6-3-2-5-13(14)17)16(23)20-19-15(22)7-4-9-21-10-8-18-11-21/h2-3,5-6,8,10-12H,4,7,9H2,1H3,(H,19,22)(H,20,23). The lowest BCUT2D eigenvalue weighted by molar-refractivity contribution is -0.132. The van der Waals surface area contributed by atoms with Crippen LogP contribution in [-0.2, 0) is 16.1 Å². The molecule has 0 aliphatic heterocycles. The SMILES string of the molecule is CC(Oc1ccccc1F)C(=O)NNC(=O)CCCn1ccnc1. The van der Waals surface area contributed by atoms with Crippen LogP contribution >= 0.6 is 0 Å². The summed E-state index contributed by atoms with van der Waals surface area (Å²) in [7, 11) is 0. The summed E-state index contributed by atoms with van der Waals surface area (Å²) in [6.07, 6.45) is 5.05. The van der Waals surface area contributed by atoms with E-state index in [0.717, 1.165) is 0 Å². The molecule has 1 aromatic carbocycles. The van der Waals surface area contributed by atoms with Crippen LogP contribution in [0.2, 0.25) is 0 Å². The number of hydrogen-bond donors (Lipinski definition) is 2. The summed E-state index contributed by atoms with van der Waals surface area (Å²) < 4.78 is 20.5. The molecule has 1 unspecified atom stereocenters. The fraction of sp³-hybridized carbons (Fsp3) is 0.312. The van der Waals surface area contributed by atoms with Gasteiger partial charge in [-0.1, -0.05) is 12.1 Å². The Balaban J connectivity index is 1.68. The molecule has 0 aliphatic carbocycles. The van der Waals surface area contributed by atoms with Crippen LogP contribution in [-0.4, -0.2) is 27.5 Å². The molecule has 1 heterocycles. The second-order valence-corrected chi connectivity index (χ2v) is 5.13. The second kappa shape index (κ2) is 8.66. The molecule has 7 nitrogen and oxygen atoms in total. The maximum absolute atomic E-state index is 13.5. The first-order chi connectivity index (χ1) is 11.6. The van der Waals surface area contributed by atoms with Gasteiger partial charge >= 0.3 is 0 Å². The maximum Gasteiger partial charge on any atom is 0.279 e. The Hall–Kier alpha value is -2.90. The van der Waals surface area contributed by atoms with E-state index in [1.807, 2.05) is 4.57 Å². The minimum Gasteiger partial charge on any atom is -0.478 e. The number of aryl methyl sites for hydroxylation is 1.